The molecule has 2 bridgehead atoms. The van der Waals surface area contributed by atoms with Crippen molar-refractivity contribution < 1.29 is 24.2 Å². The lowest BCUT2D eigenvalue weighted by molar-refractivity contribution is -0.0993. The molecular weight excluding hydrogens is 278 g/mol. The first-order chi connectivity index (χ1) is 13.3. The van der Waals surface area contributed by atoms with E-state index < -0.39 is 42.9 Å². The highest BCUT2D eigenvalue weighted by atomic mass is 16.5. The zero-order valence-electron chi connectivity index (χ0n) is 19.3. The number of likely N-dealkylation sites (tertiary alicyclic amines) is 1. The summed E-state index contributed by atoms with van der Waals surface area (Å²) in [5.74, 6) is -0.951. The number of hydrogen-bond donors (Lipinski definition) is 1. The molecule has 2 unspecified atom stereocenters. The van der Waals surface area contributed by atoms with Gasteiger partial charge in [-0.15, -0.1) is 0 Å². The summed E-state index contributed by atoms with van der Waals surface area (Å²) in [6.45, 7) is -2.54. The van der Waals surface area contributed by atoms with Crippen molar-refractivity contribution >= 4 is 0 Å². The van der Waals surface area contributed by atoms with Crippen molar-refractivity contribution in [3.8, 4) is 11.5 Å². The van der Waals surface area contributed by atoms with Gasteiger partial charge in [0.1, 0.15) is 6.10 Å². The summed E-state index contributed by atoms with van der Waals surface area (Å²) in [6, 6.07) is 1.87. The number of piperidine rings is 1. The molecule has 4 nitrogen and oxygen atoms in total. The molecule has 2 aliphatic carbocycles. The predicted octanol–water partition coefficient (Wildman–Crippen LogP) is 1.73. The van der Waals surface area contributed by atoms with Crippen LogP contribution >= 0.6 is 0 Å². The Balaban J connectivity index is 1.88. The Morgan fingerprint density at radius 2 is 2.45 bits per heavy atom. The summed E-state index contributed by atoms with van der Waals surface area (Å²) in [4.78, 5) is 1.13. The topological polar surface area (TPSA) is 41.9 Å². The Hall–Kier alpha value is -1.26. The van der Waals surface area contributed by atoms with Gasteiger partial charge >= 0.3 is 0 Å². The summed E-state index contributed by atoms with van der Waals surface area (Å²) in [6.07, 6.45) is -5.12. The summed E-state index contributed by atoms with van der Waals surface area (Å²) in [5, 5.41) is 10.9. The van der Waals surface area contributed by atoms with Crippen molar-refractivity contribution in [1.82, 2.24) is 4.90 Å². The van der Waals surface area contributed by atoms with Gasteiger partial charge in [0.25, 0.3) is 0 Å². The van der Waals surface area contributed by atoms with Gasteiger partial charge in [-0.2, -0.15) is 0 Å². The van der Waals surface area contributed by atoms with E-state index in [1.54, 1.807) is 12.1 Å². The third kappa shape index (κ3) is 1.32. The van der Waals surface area contributed by atoms with Crippen molar-refractivity contribution in [2.75, 3.05) is 20.6 Å². The second kappa shape index (κ2) is 4.18. The average Bonchev–Trinajstić information content (AvgIpc) is 2.97. The van der Waals surface area contributed by atoms with Gasteiger partial charge in [0.15, 0.2) is 11.5 Å². The molecule has 2 aliphatic heterocycles. The fourth-order valence-corrected chi connectivity index (χ4v) is 4.78. The first kappa shape index (κ1) is 8.02. The van der Waals surface area contributed by atoms with Crippen LogP contribution in [-0.2, 0) is 11.8 Å². The molecule has 5 atom stereocenters. The summed E-state index contributed by atoms with van der Waals surface area (Å²) >= 11 is 0. The molecule has 1 saturated heterocycles. The maximum Gasteiger partial charge on any atom is 0.165 e. The van der Waals surface area contributed by atoms with E-state index in [-0.39, 0.29) is 37.1 Å². The highest BCUT2D eigenvalue weighted by molar-refractivity contribution is 5.61. The normalized spacial score (nSPS) is 56.0. The van der Waals surface area contributed by atoms with Crippen LogP contribution in [0, 0.1) is 5.89 Å². The van der Waals surface area contributed by atoms with Gasteiger partial charge in [-0.25, -0.2) is 0 Å². The van der Waals surface area contributed by atoms with E-state index in [9.17, 15) is 6.48 Å². The molecule has 1 aromatic carbocycles. The molecule has 0 amide bonds. The summed E-state index contributed by atoms with van der Waals surface area (Å²) in [7, 11) is 1.46. The lowest BCUT2D eigenvalue weighted by Gasteiger charge is -2.58. The molecule has 1 spiro atoms. The molecule has 1 N–H and O–H groups in total. The van der Waals surface area contributed by atoms with E-state index in [0.717, 1.165) is 4.90 Å². The van der Waals surface area contributed by atoms with E-state index in [1.807, 2.05) is 0 Å². The fraction of sp³-hybridized carbons (Fsp3) is 0.667. The monoisotopic (exact) mass is 308 g/mol. The Kier molecular flexibility index (Phi) is 1.52. The van der Waals surface area contributed by atoms with Gasteiger partial charge in [-0.3, -0.25) is 0 Å². The van der Waals surface area contributed by atoms with Gasteiger partial charge in [0.05, 0.1) is 14.6 Å². The van der Waals surface area contributed by atoms with E-state index in [4.69, 9.17) is 17.7 Å². The quantitative estimate of drug-likeness (QED) is 0.858. The van der Waals surface area contributed by atoms with Crippen molar-refractivity contribution in [1.29, 1.82) is 0 Å². The van der Waals surface area contributed by atoms with Gasteiger partial charge < -0.3 is 19.5 Å². The van der Waals surface area contributed by atoms with Gasteiger partial charge in [-0.1, -0.05) is 6.07 Å². The molecule has 0 radical (unpaired) electrons. The molecule has 0 aromatic heterocycles. The first-order valence-corrected chi connectivity index (χ1v) is 7.70. The number of likely N-dealkylation sites (N-methyl/N-ethyl adjacent to an activating group) is 1. The number of aliphatic hydroxyl groups is 1. The Morgan fingerprint density at radius 3 is 3.27 bits per heavy atom. The van der Waals surface area contributed by atoms with Crippen LogP contribution in [0.3, 0.4) is 0 Å². The average molecular weight is 308 g/mol. The summed E-state index contributed by atoms with van der Waals surface area (Å²) in [5.41, 5.74) is -0.456. The Bertz CT molecular complexity index is 904. The number of nitrogens with zero attached hydrogens (tertiary/aromatic N) is 1. The van der Waals surface area contributed by atoms with Crippen molar-refractivity contribution in [3.05, 3.63) is 23.3 Å². The minimum atomic E-state index is -2.57. The maximum atomic E-state index is 10.9. The highest BCUT2D eigenvalue weighted by Gasteiger charge is 2.65. The van der Waals surface area contributed by atoms with Crippen molar-refractivity contribution in [3.63, 3.8) is 0 Å². The molecule has 2 heterocycles. The van der Waals surface area contributed by atoms with Crippen LogP contribution in [0.15, 0.2) is 12.1 Å². The van der Waals surface area contributed by atoms with Gasteiger partial charge in [0, 0.05) is 25.2 Å². The zero-order valence-corrected chi connectivity index (χ0v) is 12.3. The van der Waals surface area contributed by atoms with Gasteiger partial charge in [0.2, 0.25) is 0 Å². The molecule has 1 aromatic rings. The third-order valence-corrected chi connectivity index (χ3v) is 5.68. The third-order valence-electron chi connectivity index (χ3n) is 5.68. The van der Waals surface area contributed by atoms with E-state index in [2.05, 4.69) is 0 Å². The van der Waals surface area contributed by atoms with Crippen LogP contribution < -0.4 is 9.47 Å². The number of methoxy groups -OCH3 is 1. The first-order valence-electron chi connectivity index (χ1n) is 11.2. The molecule has 4 aliphatic rings. The number of rotatable bonds is 1. The smallest absolute Gasteiger partial charge is 0.165 e. The minimum Gasteiger partial charge on any atom is -0.493 e. The van der Waals surface area contributed by atoms with Crippen molar-refractivity contribution in [2.24, 2.45) is 5.89 Å². The van der Waals surface area contributed by atoms with E-state index in [0.29, 0.717) is 11.3 Å². The van der Waals surface area contributed by atoms with Gasteiger partial charge in [-0.05, 0) is 56.7 Å². The Morgan fingerprint density at radius 1 is 1.55 bits per heavy atom. The van der Waals surface area contributed by atoms with Crippen LogP contribution in [0.4, 0.5) is 0 Å². The van der Waals surface area contributed by atoms with Crippen LogP contribution in [-0.4, -0.2) is 48.9 Å². The van der Waals surface area contributed by atoms with Crippen LogP contribution in [0.25, 0.3) is 0 Å². The number of ether oxygens (including phenoxy) is 2. The maximum absolute atomic E-state index is 10.9. The van der Waals surface area contributed by atoms with E-state index >= 15 is 0 Å². The van der Waals surface area contributed by atoms with Crippen LogP contribution in [0.2, 0.25) is 0 Å². The lowest BCUT2D eigenvalue weighted by atomic mass is 9.51. The molecule has 2 fully saturated rings. The molecule has 118 valence electrons. The van der Waals surface area contributed by atoms with Crippen molar-refractivity contribution in [2.45, 2.75) is 49.3 Å². The standard InChI is InChI=1S/C18H23NO3/c1-19-8-7-18-11-4-5-13(20)17(18)22-16-14(21-2)6-3-10(15(16)18)9-12(11)19/h3,6,11-13,17,20H,4-5,7-9H2,1-2H3/t11-,12+,13?,17?,18-/m0/s1/i1D3,9D2,11D,13D. The molecule has 1 saturated carbocycles. The molecule has 22 heavy (non-hydrogen) atoms. The second-order valence-corrected chi connectivity index (χ2v) is 6.50. The highest BCUT2D eigenvalue weighted by Crippen LogP contribution is 2.63. The van der Waals surface area contributed by atoms with Crippen LogP contribution in [0.5, 0.6) is 11.5 Å². The minimum absolute atomic E-state index is 0.000291. The number of hydrogen-bond acceptors (Lipinski definition) is 4. The zero-order chi connectivity index (χ0) is 21.2. The SMILES string of the molecule is [2H]C1(O)CC[C@@]2([2H])[C@@H]3N(C([2H])([2H])[2H])CC[C@@]24c2c(ccc(OC)c2OC14)C3([2H])[2H]. The summed E-state index contributed by atoms with van der Waals surface area (Å²) < 4.78 is 71.3. The second-order valence-electron chi connectivity index (χ2n) is 6.50. The Labute approximate surface area is 140 Å². The molecule has 4 heteroatoms. The molecule has 5 rings (SSSR count). The van der Waals surface area contributed by atoms with E-state index in [1.165, 1.54) is 7.11 Å². The van der Waals surface area contributed by atoms with Crippen LogP contribution in [0.1, 0.15) is 40.0 Å². The fourth-order valence-electron chi connectivity index (χ4n) is 4.78. The predicted molar refractivity (Wildman–Crippen MR) is 82.6 cm³/mol. The molecular formula is C18H23NO3. The lowest BCUT2D eigenvalue weighted by Crippen LogP contribution is -2.66. The number of benzene rings is 1. The largest absolute Gasteiger partial charge is 0.493 e.